The van der Waals surface area contributed by atoms with Gasteiger partial charge in [0, 0.05) is 5.56 Å². The summed E-state index contributed by atoms with van der Waals surface area (Å²) in [7, 11) is 0. The van der Waals surface area contributed by atoms with Gasteiger partial charge in [0.15, 0.2) is 4.80 Å². The number of nitrogens with zero attached hydrogens (tertiary/aromatic N) is 3. The Morgan fingerprint density at radius 3 is 2.65 bits per heavy atom. The van der Waals surface area contributed by atoms with Gasteiger partial charge in [-0.15, -0.1) is 6.42 Å². The van der Waals surface area contributed by atoms with Gasteiger partial charge in [-0.05, 0) is 36.4 Å². The Kier molecular flexibility index (Phi) is 4.05. The highest BCUT2D eigenvalue weighted by molar-refractivity contribution is 7.16. The Hall–Kier alpha value is -3.15. The van der Waals surface area contributed by atoms with E-state index in [1.807, 2.05) is 34.9 Å². The molecule has 3 rings (SSSR count). The maximum absolute atomic E-state index is 12.3. The van der Waals surface area contributed by atoms with Crippen molar-refractivity contribution < 1.29 is 4.79 Å². The maximum Gasteiger partial charge on any atom is 0.279 e. The highest BCUT2D eigenvalue weighted by atomic mass is 32.1. The van der Waals surface area contributed by atoms with Gasteiger partial charge in [-0.3, -0.25) is 4.79 Å². The first-order chi connectivity index (χ1) is 11.2. The number of hydrogen-bond donors (Lipinski definition) is 0. The number of carbonyl (C=O) groups is 1. The van der Waals surface area contributed by atoms with Gasteiger partial charge in [0.05, 0.1) is 28.4 Å². The quantitative estimate of drug-likeness (QED) is 0.682. The average Bonchev–Trinajstić information content (AvgIpc) is 2.93. The monoisotopic (exact) mass is 317 g/mol. The van der Waals surface area contributed by atoms with Crippen molar-refractivity contribution in [1.82, 2.24) is 4.57 Å². The van der Waals surface area contributed by atoms with Crippen LogP contribution in [0.5, 0.6) is 0 Å². The molecule has 0 unspecified atom stereocenters. The number of hydrogen-bond acceptors (Lipinski definition) is 3. The second kappa shape index (κ2) is 6.31. The van der Waals surface area contributed by atoms with E-state index in [0.717, 1.165) is 10.2 Å². The van der Waals surface area contributed by atoms with Crippen molar-refractivity contribution in [3.05, 3.63) is 64.5 Å². The van der Waals surface area contributed by atoms with Gasteiger partial charge in [0.25, 0.3) is 5.91 Å². The van der Waals surface area contributed by atoms with Crippen LogP contribution in [-0.4, -0.2) is 10.5 Å². The molecule has 0 atom stereocenters. The Morgan fingerprint density at radius 1 is 1.22 bits per heavy atom. The van der Waals surface area contributed by atoms with Gasteiger partial charge in [-0.2, -0.15) is 10.3 Å². The van der Waals surface area contributed by atoms with Gasteiger partial charge in [-0.25, -0.2) is 0 Å². The molecule has 1 aromatic heterocycles. The molecule has 0 aliphatic carbocycles. The number of thiazole rings is 1. The van der Waals surface area contributed by atoms with Crippen LogP contribution in [0.15, 0.2) is 53.5 Å². The molecule has 5 heteroatoms. The fourth-order valence-electron chi connectivity index (χ4n) is 2.19. The maximum atomic E-state index is 12.3. The molecule has 0 bridgehead atoms. The van der Waals surface area contributed by atoms with Crippen molar-refractivity contribution in [1.29, 1.82) is 5.26 Å². The summed E-state index contributed by atoms with van der Waals surface area (Å²) in [5, 5.41) is 8.80. The molecule has 4 nitrogen and oxygen atoms in total. The fraction of sp³-hybridized carbons (Fsp3) is 0.0556. The van der Waals surface area contributed by atoms with E-state index in [0.29, 0.717) is 22.5 Å². The number of terminal acetylenes is 1. The molecular weight excluding hydrogens is 306 g/mol. The Balaban J connectivity index is 2.09. The van der Waals surface area contributed by atoms with Crippen molar-refractivity contribution in [3.8, 4) is 18.4 Å². The summed E-state index contributed by atoms with van der Waals surface area (Å²) >= 11 is 1.42. The van der Waals surface area contributed by atoms with E-state index in [1.165, 1.54) is 11.3 Å². The van der Waals surface area contributed by atoms with Crippen LogP contribution in [0.2, 0.25) is 0 Å². The van der Waals surface area contributed by atoms with Crippen LogP contribution in [0, 0.1) is 23.7 Å². The molecule has 0 saturated heterocycles. The topological polar surface area (TPSA) is 58.1 Å². The van der Waals surface area contributed by atoms with E-state index in [2.05, 4.69) is 10.9 Å². The lowest BCUT2D eigenvalue weighted by Crippen LogP contribution is -2.16. The van der Waals surface area contributed by atoms with E-state index in [1.54, 1.807) is 24.3 Å². The van der Waals surface area contributed by atoms with Crippen LogP contribution in [0.25, 0.3) is 10.2 Å². The predicted octanol–water partition coefficient (Wildman–Crippen LogP) is 2.95. The average molecular weight is 317 g/mol. The Labute approximate surface area is 137 Å². The predicted molar refractivity (Wildman–Crippen MR) is 89.7 cm³/mol. The molecule has 0 N–H and O–H groups in total. The van der Waals surface area contributed by atoms with Crippen LogP contribution in [0.3, 0.4) is 0 Å². The molecule has 1 heterocycles. The van der Waals surface area contributed by atoms with E-state index < -0.39 is 0 Å². The largest absolute Gasteiger partial charge is 0.305 e. The lowest BCUT2D eigenvalue weighted by molar-refractivity contribution is 0.0998. The number of para-hydroxylation sites is 1. The minimum absolute atomic E-state index is 0.351. The standard InChI is InChI=1S/C18H11N3OS/c1-2-11-21-15-5-3-4-6-16(15)23-18(21)20-17(22)14-9-7-13(12-19)8-10-14/h1,3-10H,11H2. The normalized spacial score (nSPS) is 11.1. The first-order valence-electron chi connectivity index (χ1n) is 6.84. The second-order valence-electron chi connectivity index (χ2n) is 4.75. The molecule has 0 saturated carbocycles. The highest BCUT2D eigenvalue weighted by Gasteiger charge is 2.08. The molecule has 0 radical (unpaired) electrons. The second-order valence-corrected chi connectivity index (χ2v) is 5.76. The molecule has 23 heavy (non-hydrogen) atoms. The Bertz CT molecular complexity index is 1030. The van der Waals surface area contributed by atoms with Crippen molar-refractivity contribution in [3.63, 3.8) is 0 Å². The van der Waals surface area contributed by atoms with Crippen molar-refractivity contribution in [2.24, 2.45) is 4.99 Å². The van der Waals surface area contributed by atoms with Gasteiger partial charge in [0.1, 0.15) is 0 Å². The van der Waals surface area contributed by atoms with E-state index in [4.69, 9.17) is 11.7 Å². The Morgan fingerprint density at radius 2 is 1.96 bits per heavy atom. The summed E-state index contributed by atoms with van der Waals surface area (Å²) in [4.78, 5) is 17.1. The molecule has 110 valence electrons. The van der Waals surface area contributed by atoms with Crippen molar-refractivity contribution >= 4 is 27.5 Å². The van der Waals surface area contributed by atoms with Gasteiger partial charge in [0.2, 0.25) is 0 Å². The molecule has 0 aliphatic rings. The fourth-order valence-corrected chi connectivity index (χ4v) is 3.22. The first kappa shape index (κ1) is 14.8. The van der Waals surface area contributed by atoms with Crippen LogP contribution in [0.1, 0.15) is 15.9 Å². The zero-order valence-electron chi connectivity index (χ0n) is 12.1. The van der Waals surface area contributed by atoms with Crippen LogP contribution in [-0.2, 0) is 6.54 Å². The molecular formula is C18H11N3OS. The summed E-state index contributed by atoms with van der Waals surface area (Å²) in [6, 6.07) is 16.2. The zero-order chi connectivity index (χ0) is 16.2. The van der Waals surface area contributed by atoms with E-state index >= 15 is 0 Å². The van der Waals surface area contributed by atoms with E-state index in [-0.39, 0.29) is 5.91 Å². The van der Waals surface area contributed by atoms with Gasteiger partial charge < -0.3 is 4.57 Å². The lowest BCUT2D eigenvalue weighted by Gasteiger charge is -1.99. The summed E-state index contributed by atoms with van der Waals surface area (Å²) < 4.78 is 2.87. The highest BCUT2D eigenvalue weighted by Crippen LogP contribution is 2.16. The third kappa shape index (κ3) is 2.91. The molecule has 0 fully saturated rings. The number of amides is 1. The number of nitriles is 1. The first-order valence-corrected chi connectivity index (χ1v) is 7.65. The van der Waals surface area contributed by atoms with Crippen molar-refractivity contribution in [2.45, 2.75) is 6.54 Å². The number of benzene rings is 2. The third-order valence-corrected chi connectivity index (χ3v) is 4.36. The minimum atomic E-state index is -0.355. The molecule has 2 aromatic carbocycles. The zero-order valence-corrected chi connectivity index (χ0v) is 12.9. The number of aromatic nitrogens is 1. The third-order valence-electron chi connectivity index (χ3n) is 3.30. The molecule has 1 amide bonds. The molecule has 0 spiro atoms. The molecule has 3 aromatic rings. The van der Waals surface area contributed by atoms with Crippen LogP contribution >= 0.6 is 11.3 Å². The summed E-state index contributed by atoms with van der Waals surface area (Å²) in [6.45, 7) is 0.351. The van der Waals surface area contributed by atoms with Gasteiger partial charge in [-0.1, -0.05) is 29.4 Å². The summed E-state index contributed by atoms with van der Waals surface area (Å²) in [6.07, 6.45) is 5.43. The van der Waals surface area contributed by atoms with Crippen LogP contribution in [0.4, 0.5) is 0 Å². The lowest BCUT2D eigenvalue weighted by atomic mass is 10.1. The smallest absolute Gasteiger partial charge is 0.279 e. The molecule has 0 aliphatic heterocycles. The summed E-state index contributed by atoms with van der Waals surface area (Å²) in [5.74, 6) is 2.24. The van der Waals surface area contributed by atoms with Crippen molar-refractivity contribution in [2.75, 3.05) is 0 Å². The summed E-state index contributed by atoms with van der Waals surface area (Å²) in [5.41, 5.74) is 1.90. The number of fused-ring (bicyclic) bond motifs is 1. The number of carbonyl (C=O) groups excluding carboxylic acids is 1. The van der Waals surface area contributed by atoms with Crippen LogP contribution < -0.4 is 4.80 Å². The minimum Gasteiger partial charge on any atom is -0.305 e. The number of rotatable bonds is 2. The van der Waals surface area contributed by atoms with E-state index in [9.17, 15) is 4.79 Å². The van der Waals surface area contributed by atoms with Gasteiger partial charge >= 0.3 is 0 Å². The SMILES string of the molecule is C#CCn1c(=NC(=O)c2ccc(C#N)cc2)sc2ccccc21.